The number of hydrogen-bond donors (Lipinski definition) is 7. The fourth-order valence-corrected chi connectivity index (χ4v) is 8.33. The normalized spacial score (nSPS) is 26.0. The minimum absolute atomic E-state index is 0.0513. The average molecular weight is 995 g/mol. The minimum atomic E-state index is -1.71. The molecule has 70 heavy (non-hydrogen) atoms. The van der Waals surface area contributed by atoms with E-state index < -0.39 is 80.7 Å². The van der Waals surface area contributed by atoms with Gasteiger partial charge in [0.2, 0.25) is 0 Å². The molecule has 11 unspecified atom stereocenters. The first kappa shape index (κ1) is 63.8. The molecule has 0 saturated carbocycles. The zero-order chi connectivity index (χ0) is 50.9. The molecule has 14 nitrogen and oxygen atoms in total. The summed E-state index contributed by atoms with van der Waals surface area (Å²) in [5.41, 5.74) is 0. The van der Waals surface area contributed by atoms with Gasteiger partial charge >= 0.3 is 5.97 Å². The summed E-state index contributed by atoms with van der Waals surface area (Å²) in [7, 11) is 0. The van der Waals surface area contributed by atoms with Gasteiger partial charge in [-0.2, -0.15) is 0 Å². The van der Waals surface area contributed by atoms with Crippen molar-refractivity contribution in [3.8, 4) is 0 Å². The van der Waals surface area contributed by atoms with Crippen LogP contribution in [0, 0.1) is 0 Å². The Balaban J connectivity index is 1.75. The lowest BCUT2D eigenvalue weighted by Crippen LogP contribution is -2.61. The predicted octanol–water partition coefficient (Wildman–Crippen LogP) is 8.91. The summed E-state index contributed by atoms with van der Waals surface area (Å²) < 4.78 is 34.3. The number of esters is 1. The van der Waals surface area contributed by atoms with Crippen LogP contribution in [0.15, 0.2) is 60.8 Å². The summed E-state index contributed by atoms with van der Waals surface area (Å²) in [6.07, 6.45) is 35.6. The van der Waals surface area contributed by atoms with Gasteiger partial charge in [-0.05, 0) is 77.0 Å². The highest BCUT2D eigenvalue weighted by atomic mass is 16.7. The van der Waals surface area contributed by atoms with Crippen molar-refractivity contribution in [2.75, 3.05) is 33.0 Å². The van der Waals surface area contributed by atoms with Gasteiger partial charge in [-0.3, -0.25) is 4.79 Å². The van der Waals surface area contributed by atoms with Gasteiger partial charge in [-0.1, -0.05) is 164 Å². The van der Waals surface area contributed by atoms with Crippen LogP contribution in [0.5, 0.6) is 0 Å². The van der Waals surface area contributed by atoms with E-state index in [1.807, 2.05) is 0 Å². The Morgan fingerprint density at radius 1 is 0.486 bits per heavy atom. The number of carbonyl (C=O) groups is 1. The first-order valence-electron chi connectivity index (χ1n) is 27.4. The van der Waals surface area contributed by atoms with Gasteiger partial charge in [0.1, 0.15) is 54.9 Å². The van der Waals surface area contributed by atoms with Gasteiger partial charge < -0.3 is 64.2 Å². The molecule has 0 aromatic carbocycles. The molecule has 0 aromatic heterocycles. The maximum Gasteiger partial charge on any atom is 0.306 e. The van der Waals surface area contributed by atoms with E-state index in [-0.39, 0.29) is 25.6 Å². The average Bonchev–Trinajstić information content (AvgIpc) is 3.36. The highest BCUT2D eigenvalue weighted by molar-refractivity contribution is 5.69. The van der Waals surface area contributed by atoms with E-state index in [0.717, 1.165) is 83.5 Å². The molecule has 406 valence electrons. The molecular formula is C56H98O14. The minimum Gasteiger partial charge on any atom is -0.457 e. The summed E-state index contributed by atoms with van der Waals surface area (Å²) in [6.45, 7) is 3.53. The molecule has 0 radical (unpaired) electrons. The fourth-order valence-electron chi connectivity index (χ4n) is 8.33. The summed E-state index contributed by atoms with van der Waals surface area (Å²) in [6, 6.07) is 0. The third-order valence-corrected chi connectivity index (χ3v) is 12.8. The maximum atomic E-state index is 13.0. The monoisotopic (exact) mass is 995 g/mol. The van der Waals surface area contributed by atoms with Gasteiger partial charge in [0.05, 0.1) is 26.4 Å². The van der Waals surface area contributed by atoms with Crippen LogP contribution >= 0.6 is 0 Å². The van der Waals surface area contributed by atoms with Crippen LogP contribution in [0.2, 0.25) is 0 Å². The molecule has 2 saturated heterocycles. The van der Waals surface area contributed by atoms with Crippen molar-refractivity contribution in [3.05, 3.63) is 60.8 Å². The quantitative estimate of drug-likeness (QED) is 0.0173. The fraction of sp³-hybridized carbons (Fsp3) is 0.804. The molecule has 14 heteroatoms. The number of aliphatic hydroxyl groups is 7. The lowest BCUT2D eigenvalue weighted by Gasteiger charge is -2.42. The van der Waals surface area contributed by atoms with Crippen molar-refractivity contribution in [2.24, 2.45) is 0 Å². The SMILES string of the molecule is CC/C=C\C/C=C\C/C=C\CCCCCCCCCC(=O)OC(COCCCCCCCCCC/C=C\C/C=C\CCCCCC)COC1OC(COC2OC(CO)C(O)C(O)C2O)C(O)C(O)C1O. The molecule has 0 spiro atoms. The number of rotatable bonds is 43. The third-order valence-electron chi connectivity index (χ3n) is 12.8. The molecule has 7 N–H and O–H groups in total. The predicted molar refractivity (Wildman–Crippen MR) is 275 cm³/mol. The van der Waals surface area contributed by atoms with Crippen molar-refractivity contribution in [2.45, 2.75) is 255 Å². The number of aliphatic hydroxyl groups excluding tert-OH is 7. The van der Waals surface area contributed by atoms with Crippen molar-refractivity contribution in [1.82, 2.24) is 0 Å². The second-order valence-electron chi connectivity index (χ2n) is 19.0. The number of ether oxygens (including phenoxy) is 6. The van der Waals surface area contributed by atoms with Crippen LogP contribution in [0.25, 0.3) is 0 Å². The van der Waals surface area contributed by atoms with Crippen LogP contribution in [-0.2, 0) is 33.2 Å². The van der Waals surface area contributed by atoms with Crippen LogP contribution in [-0.4, -0.2) is 142 Å². The molecule has 0 aromatic rings. The largest absolute Gasteiger partial charge is 0.457 e. The second kappa shape index (κ2) is 43.1. The molecular weight excluding hydrogens is 897 g/mol. The zero-order valence-corrected chi connectivity index (χ0v) is 43.2. The molecule has 0 bridgehead atoms. The molecule has 2 heterocycles. The molecule has 2 fully saturated rings. The van der Waals surface area contributed by atoms with Gasteiger partial charge in [0.25, 0.3) is 0 Å². The lowest BCUT2D eigenvalue weighted by molar-refractivity contribution is -0.332. The van der Waals surface area contributed by atoms with Crippen LogP contribution in [0.3, 0.4) is 0 Å². The lowest BCUT2D eigenvalue weighted by atomic mass is 9.98. The van der Waals surface area contributed by atoms with Crippen molar-refractivity contribution >= 4 is 5.97 Å². The number of carbonyl (C=O) groups excluding carboxylic acids is 1. The van der Waals surface area contributed by atoms with E-state index in [4.69, 9.17) is 28.4 Å². The van der Waals surface area contributed by atoms with E-state index in [2.05, 4.69) is 74.6 Å². The highest BCUT2D eigenvalue weighted by Crippen LogP contribution is 2.26. The number of unbranched alkanes of at least 4 members (excludes halogenated alkanes) is 19. The highest BCUT2D eigenvalue weighted by Gasteiger charge is 2.47. The zero-order valence-electron chi connectivity index (χ0n) is 43.2. The first-order valence-corrected chi connectivity index (χ1v) is 27.4. The molecule has 11 atom stereocenters. The van der Waals surface area contributed by atoms with E-state index >= 15 is 0 Å². The van der Waals surface area contributed by atoms with Crippen molar-refractivity contribution in [1.29, 1.82) is 0 Å². The second-order valence-corrected chi connectivity index (χ2v) is 19.0. The summed E-state index contributed by atoms with van der Waals surface area (Å²) in [5.74, 6) is -0.390. The summed E-state index contributed by atoms with van der Waals surface area (Å²) in [5, 5.41) is 72.2. The summed E-state index contributed by atoms with van der Waals surface area (Å²) >= 11 is 0. The topological polar surface area (TPSA) is 214 Å². The van der Waals surface area contributed by atoms with Crippen molar-refractivity contribution in [3.63, 3.8) is 0 Å². The Kier molecular flexibility index (Phi) is 39.3. The Hall–Kier alpha value is -2.31. The molecule has 0 amide bonds. The molecule has 2 aliphatic heterocycles. The Morgan fingerprint density at radius 2 is 0.929 bits per heavy atom. The first-order chi connectivity index (χ1) is 34.1. The smallest absolute Gasteiger partial charge is 0.306 e. The van der Waals surface area contributed by atoms with E-state index in [0.29, 0.717) is 13.0 Å². The van der Waals surface area contributed by atoms with Crippen LogP contribution in [0.1, 0.15) is 187 Å². The van der Waals surface area contributed by atoms with Gasteiger partial charge in [-0.25, -0.2) is 0 Å². The van der Waals surface area contributed by atoms with Gasteiger partial charge in [0, 0.05) is 13.0 Å². The number of allylic oxidation sites excluding steroid dienone is 10. The Bertz CT molecular complexity index is 1390. The Morgan fingerprint density at radius 3 is 1.46 bits per heavy atom. The Labute approximate surface area is 422 Å². The van der Waals surface area contributed by atoms with E-state index in [9.17, 15) is 40.5 Å². The molecule has 0 aliphatic carbocycles. The van der Waals surface area contributed by atoms with Crippen LogP contribution in [0.4, 0.5) is 0 Å². The van der Waals surface area contributed by atoms with Gasteiger partial charge in [-0.15, -0.1) is 0 Å². The maximum absolute atomic E-state index is 13.0. The van der Waals surface area contributed by atoms with Crippen molar-refractivity contribution < 1.29 is 69.0 Å². The molecule has 2 rings (SSSR count). The third kappa shape index (κ3) is 30.0. The molecule has 2 aliphatic rings. The van der Waals surface area contributed by atoms with Gasteiger partial charge in [0.15, 0.2) is 12.6 Å². The van der Waals surface area contributed by atoms with Crippen LogP contribution < -0.4 is 0 Å². The summed E-state index contributed by atoms with van der Waals surface area (Å²) in [4.78, 5) is 13.0. The number of hydrogen-bond acceptors (Lipinski definition) is 14. The van der Waals surface area contributed by atoms with E-state index in [1.165, 1.54) is 77.0 Å². The van der Waals surface area contributed by atoms with E-state index in [1.54, 1.807) is 0 Å². The standard InChI is InChI=1S/C56H98O14/c1-3-5-7-9-11-13-15-17-19-21-22-24-26-28-30-32-34-36-38-40-65-42-45(68-48(58)39-37-35-33-31-29-27-25-23-20-18-16-14-12-10-8-6-4-2)43-66-55-54(64)52(62)50(60)47(70-55)44-67-56-53(63)51(61)49(59)46(41-57)69-56/h6,8,12-15,18-21,45-47,49-57,59-64H,3-5,7,9-11,16-17,22-44H2,1-2H3/b8-6-,14-12-,15-13-,20-18-,21-19-.